The van der Waals surface area contributed by atoms with Gasteiger partial charge in [-0.3, -0.25) is 4.79 Å². The summed E-state index contributed by atoms with van der Waals surface area (Å²) in [4.78, 5) is 11.4. The van der Waals surface area contributed by atoms with Crippen molar-refractivity contribution in [1.29, 1.82) is 0 Å². The highest BCUT2D eigenvalue weighted by Crippen LogP contribution is 2.26. The molecule has 1 aromatic carbocycles. The van der Waals surface area contributed by atoms with Crippen LogP contribution in [0.25, 0.3) is 0 Å². The normalized spacial score (nSPS) is 12.1. The third-order valence-corrected chi connectivity index (χ3v) is 3.37. The van der Waals surface area contributed by atoms with Gasteiger partial charge in [0.05, 0.1) is 10.7 Å². The zero-order chi connectivity index (χ0) is 12.3. The second-order valence-electron chi connectivity index (χ2n) is 3.52. The number of para-hydroxylation sites is 1. The Morgan fingerprint density at radius 2 is 2.12 bits per heavy atom. The molecule has 1 heterocycles. The van der Waals surface area contributed by atoms with Gasteiger partial charge in [0.2, 0.25) is 5.91 Å². The molecular weight excluding hydrogens is 256 g/mol. The number of carbonyl (C=O) groups excluding carboxylic acids is 1. The fourth-order valence-corrected chi connectivity index (χ4v) is 2.37. The highest BCUT2D eigenvalue weighted by Gasteiger charge is 2.18. The summed E-state index contributed by atoms with van der Waals surface area (Å²) in [5.74, 6) is -0.427. The Morgan fingerprint density at radius 1 is 1.35 bits per heavy atom. The highest BCUT2D eigenvalue weighted by atomic mass is 35.5. The van der Waals surface area contributed by atoms with E-state index >= 15 is 0 Å². The molecule has 3 N–H and O–H groups in total. The van der Waals surface area contributed by atoms with Gasteiger partial charge in [0.15, 0.2) is 0 Å². The number of anilines is 1. The van der Waals surface area contributed by atoms with E-state index in [9.17, 15) is 4.79 Å². The monoisotopic (exact) mass is 266 g/mol. The van der Waals surface area contributed by atoms with Gasteiger partial charge in [-0.15, -0.1) is 0 Å². The van der Waals surface area contributed by atoms with Crippen LogP contribution in [0.4, 0.5) is 5.69 Å². The molecule has 1 aromatic heterocycles. The number of nitrogens with one attached hydrogen (secondary N) is 1. The molecular formula is C12H11ClN2OS. The quantitative estimate of drug-likeness (QED) is 0.894. The smallest absolute Gasteiger partial charge is 0.244 e. The Kier molecular flexibility index (Phi) is 3.66. The number of hydrogen-bond donors (Lipinski definition) is 2. The number of benzene rings is 1. The largest absolute Gasteiger partial charge is 0.369 e. The maximum atomic E-state index is 11.4. The van der Waals surface area contributed by atoms with Crippen LogP contribution in [0.3, 0.4) is 0 Å². The van der Waals surface area contributed by atoms with E-state index in [0.29, 0.717) is 10.7 Å². The number of amides is 1. The average Bonchev–Trinajstić information content (AvgIpc) is 2.81. The fourth-order valence-electron chi connectivity index (χ4n) is 1.49. The van der Waals surface area contributed by atoms with Crippen molar-refractivity contribution in [3.8, 4) is 0 Å². The van der Waals surface area contributed by atoms with Crippen LogP contribution in [0.1, 0.15) is 11.6 Å². The maximum absolute atomic E-state index is 11.4. The second kappa shape index (κ2) is 5.21. The van der Waals surface area contributed by atoms with Crippen molar-refractivity contribution in [3.63, 3.8) is 0 Å². The van der Waals surface area contributed by atoms with Gasteiger partial charge in [-0.2, -0.15) is 11.3 Å². The molecule has 2 rings (SSSR count). The van der Waals surface area contributed by atoms with Gasteiger partial charge in [-0.25, -0.2) is 0 Å². The number of primary amides is 1. The molecule has 1 amide bonds. The lowest BCUT2D eigenvalue weighted by atomic mass is 10.1. The first kappa shape index (κ1) is 12.0. The molecule has 0 aliphatic rings. The number of hydrogen-bond acceptors (Lipinski definition) is 3. The van der Waals surface area contributed by atoms with Crippen LogP contribution in [0, 0.1) is 0 Å². The molecule has 0 spiro atoms. The van der Waals surface area contributed by atoms with Gasteiger partial charge in [0.25, 0.3) is 0 Å². The molecule has 0 saturated heterocycles. The second-order valence-corrected chi connectivity index (χ2v) is 4.70. The third-order valence-electron chi connectivity index (χ3n) is 2.33. The van der Waals surface area contributed by atoms with Gasteiger partial charge in [0, 0.05) is 0 Å². The van der Waals surface area contributed by atoms with Crippen LogP contribution < -0.4 is 11.1 Å². The van der Waals surface area contributed by atoms with E-state index in [1.54, 1.807) is 6.07 Å². The SMILES string of the molecule is NC(=O)C(Nc1ccccc1Cl)c1ccsc1. The van der Waals surface area contributed by atoms with Gasteiger partial charge in [-0.05, 0) is 34.5 Å². The van der Waals surface area contributed by atoms with Crippen LogP contribution in [0.5, 0.6) is 0 Å². The van der Waals surface area contributed by atoms with E-state index in [1.807, 2.05) is 35.0 Å². The Morgan fingerprint density at radius 3 is 2.71 bits per heavy atom. The Bertz CT molecular complexity index is 513. The molecule has 0 aliphatic carbocycles. The fraction of sp³-hybridized carbons (Fsp3) is 0.0833. The van der Waals surface area contributed by atoms with E-state index in [-0.39, 0.29) is 0 Å². The van der Waals surface area contributed by atoms with Crippen molar-refractivity contribution in [2.45, 2.75) is 6.04 Å². The number of carbonyl (C=O) groups is 1. The summed E-state index contributed by atoms with van der Waals surface area (Å²) in [6.07, 6.45) is 0. The van der Waals surface area contributed by atoms with E-state index in [0.717, 1.165) is 5.56 Å². The minimum atomic E-state index is -0.554. The van der Waals surface area contributed by atoms with Crippen LogP contribution in [0.2, 0.25) is 5.02 Å². The summed E-state index contributed by atoms with van der Waals surface area (Å²) in [6, 6.07) is 8.56. The molecule has 1 atom stereocenters. The number of halogens is 1. The molecule has 0 saturated carbocycles. The molecule has 2 aromatic rings. The first-order valence-corrected chi connectivity index (χ1v) is 6.33. The van der Waals surface area contributed by atoms with Crippen molar-refractivity contribution in [2.24, 2.45) is 5.73 Å². The van der Waals surface area contributed by atoms with Crippen molar-refractivity contribution in [1.82, 2.24) is 0 Å². The molecule has 3 nitrogen and oxygen atoms in total. The number of nitrogens with two attached hydrogens (primary N) is 1. The number of rotatable bonds is 4. The molecule has 1 unspecified atom stereocenters. The molecule has 0 aliphatic heterocycles. The zero-order valence-electron chi connectivity index (χ0n) is 8.89. The standard InChI is InChI=1S/C12H11ClN2OS/c13-9-3-1-2-4-10(9)15-11(12(14)16)8-5-6-17-7-8/h1-7,11,15H,(H2,14,16). The van der Waals surface area contributed by atoms with Gasteiger partial charge in [0.1, 0.15) is 6.04 Å². The van der Waals surface area contributed by atoms with Crippen LogP contribution in [-0.4, -0.2) is 5.91 Å². The summed E-state index contributed by atoms with van der Waals surface area (Å²) in [7, 11) is 0. The predicted octanol–water partition coefficient (Wildman–Crippen LogP) is 3.04. The van der Waals surface area contributed by atoms with Crippen molar-refractivity contribution >= 4 is 34.5 Å². The van der Waals surface area contributed by atoms with Gasteiger partial charge >= 0.3 is 0 Å². The van der Waals surface area contributed by atoms with E-state index in [1.165, 1.54) is 11.3 Å². The highest BCUT2D eigenvalue weighted by molar-refractivity contribution is 7.08. The van der Waals surface area contributed by atoms with Crippen LogP contribution >= 0.6 is 22.9 Å². The van der Waals surface area contributed by atoms with E-state index < -0.39 is 11.9 Å². The first-order valence-electron chi connectivity index (χ1n) is 5.01. The zero-order valence-corrected chi connectivity index (χ0v) is 10.5. The summed E-state index contributed by atoms with van der Waals surface area (Å²) >= 11 is 7.54. The topological polar surface area (TPSA) is 55.1 Å². The summed E-state index contributed by atoms with van der Waals surface area (Å²) in [6.45, 7) is 0. The minimum absolute atomic E-state index is 0.427. The molecule has 0 bridgehead atoms. The molecule has 88 valence electrons. The van der Waals surface area contributed by atoms with Gasteiger partial charge in [-0.1, -0.05) is 23.7 Å². The molecule has 0 radical (unpaired) electrons. The predicted molar refractivity (Wildman–Crippen MR) is 71.3 cm³/mol. The molecule has 17 heavy (non-hydrogen) atoms. The van der Waals surface area contributed by atoms with E-state index in [2.05, 4.69) is 5.32 Å². The lowest BCUT2D eigenvalue weighted by Gasteiger charge is -2.16. The average molecular weight is 267 g/mol. The van der Waals surface area contributed by atoms with Crippen molar-refractivity contribution in [3.05, 3.63) is 51.7 Å². The van der Waals surface area contributed by atoms with E-state index in [4.69, 9.17) is 17.3 Å². The van der Waals surface area contributed by atoms with Crippen LogP contribution in [-0.2, 0) is 4.79 Å². The lowest BCUT2D eigenvalue weighted by Crippen LogP contribution is -2.27. The Labute approximate surface area is 108 Å². The van der Waals surface area contributed by atoms with Crippen molar-refractivity contribution in [2.75, 3.05) is 5.32 Å². The third kappa shape index (κ3) is 2.78. The minimum Gasteiger partial charge on any atom is -0.369 e. The Hall–Kier alpha value is -1.52. The summed E-state index contributed by atoms with van der Waals surface area (Å²) < 4.78 is 0. The summed E-state index contributed by atoms with van der Waals surface area (Å²) in [5.41, 5.74) is 6.93. The molecule has 0 fully saturated rings. The van der Waals surface area contributed by atoms with Gasteiger partial charge < -0.3 is 11.1 Å². The summed E-state index contributed by atoms with van der Waals surface area (Å²) in [5, 5.41) is 7.40. The Balaban J connectivity index is 2.26. The lowest BCUT2D eigenvalue weighted by molar-refractivity contribution is -0.118. The van der Waals surface area contributed by atoms with Crippen molar-refractivity contribution < 1.29 is 4.79 Å². The number of thiophene rings is 1. The molecule has 5 heteroatoms. The maximum Gasteiger partial charge on any atom is 0.244 e. The first-order chi connectivity index (χ1) is 8.18. The van der Waals surface area contributed by atoms with Crippen LogP contribution in [0.15, 0.2) is 41.1 Å².